The van der Waals surface area contributed by atoms with Crippen molar-refractivity contribution < 1.29 is 4.74 Å². The molecule has 4 rings (SSSR count). The summed E-state index contributed by atoms with van der Waals surface area (Å²) in [7, 11) is 0. The largest absolute Gasteiger partial charge is 0.431 e. The highest BCUT2D eigenvalue weighted by Crippen LogP contribution is 2.31. The van der Waals surface area contributed by atoms with Crippen molar-refractivity contribution in [1.29, 1.82) is 0 Å². The fraction of sp³-hybridized carbons (Fsp3) is 0.350. The molecule has 138 valence electrons. The zero-order valence-electron chi connectivity index (χ0n) is 14.6. The van der Waals surface area contributed by atoms with Gasteiger partial charge < -0.3 is 15.4 Å². The van der Waals surface area contributed by atoms with Gasteiger partial charge in [0.25, 0.3) is 5.19 Å². The van der Waals surface area contributed by atoms with Gasteiger partial charge in [-0.25, -0.2) is 4.98 Å². The highest BCUT2D eigenvalue weighted by atomic mass is 35.5. The summed E-state index contributed by atoms with van der Waals surface area (Å²) in [5.41, 5.74) is 2.32. The molecule has 0 unspecified atom stereocenters. The van der Waals surface area contributed by atoms with Crippen LogP contribution in [0.3, 0.4) is 0 Å². The second-order valence-corrected chi connectivity index (χ2v) is 7.42. The van der Waals surface area contributed by atoms with Crippen LogP contribution in [0, 0.1) is 0 Å². The van der Waals surface area contributed by atoms with Crippen molar-refractivity contribution in [2.24, 2.45) is 0 Å². The number of benzene rings is 2. The normalized spacial score (nSPS) is 14.9. The minimum atomic E-state index is 0. The van der Waals surface area contributed by atoms with E-state index >= 15 is 0 Å². The molecule has 6 heteroatoms. The Kier molecular flexibility index (Phi) is 6.86. The standard InChI is InChI=1S/C20H23N3OS.ClH/c1-2-4-19-18(3-1)23-20(25-19)24-17-7-5-15(6-8-17)9-14-22-16-10-12-21-13-11-16;/h1-8,16,21-22H,9-14H2;1H. The molecule has 0 amide bonds. The van der Waals surface area contributed by atoms with Crippen LogP contribution in [0.4, 0.5) is 0 Å². The summed E-state index contributed by atoms with van der Waals surface area (Å²) in [6, 6.07) is 17.1. The van der Waals surface area contributed by atoms with Crippen LogP contribution in [0.2, 0.25) is 0 Å². The van der Waals surface area contributed by atoms with Crippen LogP contribution in [0.25, 0.3) is 10.2 Å². The predicted octanol–water partition coefficient (Wildman–Crippen LogP) is 4.39. The van der Waals surface area contributed by atoms with Gasteiger partial charge in [0.15, 0.2) is 0 Å². The van der Waals surface area contributed by atoms with E-state index in [-0.39, 0.29) is 12.4 Å². The molecule has 0 aliphatic carbocycles. The van der Waals surface area contributed by atoms with Gasteiger partial charge in [-0.05, 0) is 68.7 Å². The van der Waals surface area contributed by atoms with Crippen LogP contribution in [0.5, 0.6) is 10.9 Å². The highest BCUT2D eigenvalue weighted by Gasteiger charge is 2.11. The Labute approximate surface area is 164 Å². The Balaban J connectivity index is 0.00000196. The van der Waals surface area contributed by atoms with Crippen LogP contribution in [-0.4, -0.2) is 30.7 Å². The van der Waals surface area contributed by atoms with E-state index in [1.807, 2.05) is 30.3 Å². The predicted molar refractivity (Wildman–Crippen MR) is 111 cm³/mol. The fourth-order valence-corrected chi connectivity index (χ4v) is 4.00. The van der Waals surface area contributed by atoms with Gasteiger partial charge in [-0.3, -0.25) is 0 Å². The van der Waals surface area contributed by atoms with Gasteiger partial charge in [-0.2, -0.15) is 0 Å². The Hall–Kier alpha value is -1.66. The van der Waals surface area contributed by atoms with E-state index in [0.717, 1.165) is 42.0 Å². The maximum Gasteiger partial charge on any atom is 0.279 e. The van der Waals surface area contributed by atoms with E-state index in [2.05, 4.69) is 33.8 Å². The van der Waals surface area contributed by atoms with Gasteiger partial charge in [-0.1, -0.05) is 35.6 Å². The van der Waals surface area contributed by atoms with E-state index in [0.29, 0.717) is 11.2 Å². The first kappa shape index (κ1) is 19.1. The van der Waals surface area contributed by atoms with Crippen molar-refractivity contribution in [3.8, 4) is 10.9 Å². The summed E-state index contributed by atoms with van der Waals surface area (Å²) in [4.78, 5) is 4.51. The summed E-state index contributed by atoms with van der Waals surface area (Å²) < 4.78 is 7.05. The number of ether oxygens (including phenoxy) is 1. The third-order valence-electron chi connectivity index (χ3n) is 4.59. The maximum absolute atomic E-state index is 5.90. The maximum atomic E-state index is 5.90. The molecule has 0 spiro atoms. The SMILES string of the molecule is Cl.c1ccc2sc(Oc3ccc(CCNC4CCNCC4)cc3)nc2c1. The van der Waals surface area contributed by atoms with Crippen molar-refractivity contribution in [2.45, 2.75) is 25.3 Å². The molecule has 1 saturated heterocycles. The van der Waals surface area contributed by atoms with Gasteiger partial charge in [0.2, 0.25) is 0 Å². The quantitative estimate of drug-likeness (QED) is 0.656. The van der Waals surface area contributed by atoms with Crippen molar-refractivity contribution in [2.75, 3.05) is 19.6 Å². The molecule has 0 radical (unpaired) electrons. The number of nitrogens with one attached hydrogen (secondary N) is 2. The van der Waals surface area contributed by atoms with Crippen LogP contribution < -0.4 is 15.4 Å². The van der Waals surface area contributed by atoms with E-state index in [1.54, 1.807) is 11.3 Å². The lowest BCUT2D eigenvalue weighted by molar-refractivity contribution is 0.389. The first-order valence-corrected chi connectivity index (χ1v) is 9.75. The van der Waals surface area contributed by atoms with Crippen molar-refractivity contribution in [3.63, 3.8) is 0 Å². The average molecular weight is 390 g/mol. The molecular weight excluding hydrogens is 366 g/mol. The van der Waals surface area contributed by atoms with Crippen LogP contribution >= 0.6 is 23.7 Å². The molecule has 1 aliphatic heterocycles. The molecule has 1 aromatic heterocycles. The number of para-hydroxylation sites is 1. The second-order valence-electron chi connectivity index (χ2n) is 6.42. The summed E-state index contributed by atoms with van der Waals surface area (Å²) >= 11 is 1.58. The van der Waals surface area contributed by atoms with E-state index < -0.39 is 0 Å². The third kappa shape index (κ3) is 4.95. The summed E-state index contributed by atoms with van der Waals surface area (Å²) in [5.74, 6) is 0.842. The number of hydrogen-bond donors (Lipinski definition) is 2. The molecule has 4 nitrogen and oxygen atoms in total. The Bertz CT molecular complexity index is 782. The lowest BCUT2D eigenvalue weighted by atomic mass is 10.1. The fourth-order valence-electron chi connectivity index (χ4n) is 3.17. The van der Waals surface area contributed by atoms with E-state index in [9.17, 15) is 0 Å². The molecule has 0 atom stereocenters. The van der Waals surface area contributed by atoms with Crippen molar-refractivity contribution in [3.05, 3.63) is 54.1 Å². The van der Waals surface area contributed by atoms with Gasteiger partial charge in [0, 0.05) is 6.04 Å². The zero-order chi connectivity index (χ0) is 16.9. The lowest BCUT2D eigenvalue weighted by Gasteiger charge is -2.23. The van der Waals surface area contributed by atoms with Crippen LogP contribution in [-0.2, 0) is 6.42 Å². The average Bonchev–Trinajstić information content (AvgIpc) is 3.06. The molecule has 0 bridgehead atoms. The molecule has 1 fully saturated rings. The Morgan fingerprint density at radius 1 is 1.08 bits per heavy atom. The molecule has 2 heterocycles. The number of piperidine rings is 1. The van der Waals surface area contributed by atoms with Gasteiger partial charge in [0.1, 0.15) is 5.75 Å². The summed E-state index contributed by atoms with van der Waals surface area (Å²) in [5, 5.41) is 7.75. The molecule has 1 aliphatic rings. The molecule has 2 aromatic carbocycles. The van der Waals surface area contributed by atoms with Gasteiger partial charge >= 0.3 is 0 Å². The second kappa shape index (κ2) is 9.33. The van der Waals surface area contributed by atoms with E-state index in [1.165, 1.54) is 18.4 Å². The number of rotatable bonds is 6. The number of nitrogens with zero attached hydrogens (tertiary/aromatic N) is 1. The van der Waals surface area contributed by atoms with Gasteiger partial charge in [-0.15, -0.1) is 12.4 Å². The molecule has 0 saturated carbocycles. The number of hydrogen-bond acceptors (Lipinski definition) is 5. The number of thiazole rings is 1. The number of aromatic nitrogens is 1. The molecule has 26 heavy (non-hydrogen) atoms. The highest BCUT2D eigenvalue weighted by molar-refractivity contribution is 7.20. The first-order chi connectivity index (χ1) is 12.4. The topological polar surface area (TPSA) is 46.2 Å². The zero-order valence-corrected chi connectivity index (χ0v) is 16.2. The summed E-state index contributed by atoms with van der Waals surface area (Å²) in [6.07, 6.45) is 3.51. The molecule has 3 aromatic rings. The number of fused-ring (bicyclic) bond motifs is 1. The van der Waals surface area contributed by atoms with Crippen LogP contribution in [0.1, 0.15) is 18.4 Å². The van der Waals surface area contributed by atoms with Crippen LogP contribution in [0.15, 0.2) is 48.5 Å². The Morgan fingerprint density at radius 3 is 2.62 bits per heavy atom. The van der Waals surface area contributed by atoms with Gasteiger partial charge in [0.05, 0.1) is 10.2 Å². The Morgan fingerprint density at radius 2 is 1.85 bits per heavy atom. The van der Waals surface area contributed by atoms with E-state index in [4.69, 9.17) is 4.74 Å². The van der Waals surface area contributed by atoms with Crippen molar-refractivity contribution in [1.82, 2.24) is 15.6 Å². The first-order valence-electron chi connectivity index (χ1n) is 8.93. The molecular formula is C20H24ClN3OS. The minimum Gasteiger partial charge on any atom is -0.431 e. The lowest BCUT2D eigenvalue weighted by Crippen LogP contribution is -2.40. The molecule has 2 N–H and O–H groups in total. The van der Waals surface area contributed by atoms with Crippen molar-refractivity contribution >= 4 is 34.0 Å². The summed E-state index contributed by atoms with van der Waals surface area (Å²) in [6.45, 7) is 3.30. The minimum absolute atomic E-state index is 0. The number of halogens is 1. The third-order valence-corrected chi connectivity index (χ3v) is 5.50. The smallest absolute Gasteiger partial charge is 0.279 e. The monoisotopic (exact) mass is 389 g/mol.